The van der Waals surface area contributed by atoms with Crippen LogP contribution in [0.25, 0.3) is 0 Å². The molecule has 1 amide bonds. The predicted octanol–water partition coefficient (Wildman–Crippen LogP) is 2.48. The topological polar surface area (TPSA) is 90.6 Å². The number of rotatable bonds is 5. The molecule has 2 rings (SSSR count). The van der Waals surface area contributed by atoms with Crippen LogP contribution in [-0.4, -0.2) is 25.9 Å². The molecule has 0 aliphatic heterocycles. The molecule has 2 aromatic rings. The van der Waals surface area contributed by atoms with E-state index in [9.17, 15) is 9.59 Å². The van der Waals surface area contributed by atoms with Crippen molar-refractivity contribution >= 4 is 23.1 Å². The van der Waals surface area contributed by atoms with E-state index >= 15 is 0 Å². The summed E-state index contributed by atoms with van der Waals surface area (Å²) >= 11 is 0. The van der Waals surface area contributed by atoms with E-state index in [1.165, 1.54) is 20.1 Å². The molecule has 0 saturated carbocycles. The normalized spacial score (nSPS) is 10.0. The number of anilines is 2. The lowest BCUT2D eigenvalue weighted by atomic mass is 10.0. The van der Waals surface area contributed by atoms with Crippen molar-refractivity contribution in [2.75, 3.05) is 25.3 Å². The highest BCUT2D eigenvalue weighted by Crippen LogP contribution is 2.33. The summed E-state index contributed by atoms with van der Waals surface area (Å²) in [6, 6.07) is 9.77. The van der Waals surface area contributed by atoms with Gasteiger partial charge in [-0.25, -0.2) is 0 Å². The average molecular weight is 314 g/mol. The molecule has 2 aromatic carbocycles. The number of carbonyl (C=O) groups is 2. The summed E-state index contributed by atoms with van der Waals surface area (Å²) < 4.78 is 10.4. The van der Waals surface area contributed by atoms with Crippen LogP contribution in [0.5, 0.6) is 11.5 Å². The monoisotopic (exact) mass is 314 g/mol. The zero-order valence-electron chi connectivity index (χ0n) is 13.2. The van der Waals surface area contributed by atoms with E-state index in [1.54, 1.807) is 37.4 Å². The Morgan fingerprint density at radius 1 is 1.04 bits per heavy atom. The number of carbonyl (C=O) groups excluding carboxylic acids is 2. The molecule has 120 valence electrons. The van der Waals surface area contributed by atoms with Crippen LogP contribution >= 0.6 is 0 Å². The minimum absolute atomic E-state index is 0.261. The SMILES string of the molecule is COc1ccc(C(=O)c2cc(N)cc(NC(C)=O)c2OC)cc1. The van der Waals surface area contributed by atoms with Gasteiger partial charge in [0.15, 0.2) is 11.5 Å². The Labute approximate surface area is 134 Å². The number of nitrogen functional groups attached to an aromatic ring is 1. The summed E-state index contributed by atoms with van der Waals surface area (Å²) in [6.45, 7) is 1.37. The van der Waals surface area contributed by atoms with Crippen molar-refractivity contribution in [1.29, 1.82) is 0 Å². The minimum Gasteiger partial charge on any atom is -0.497 e. The molecule has 6 nitrogen and oxygen atoms in total. The molecule has 0 aromatic heterocycles. The fourth-order valence-electron chi connectivity index (χ4n) is 2.22. The molecule has 3 N–H and O–H groups in total. The van der Waals surface area contributed by atoms with Crippen molar-refractivity contribution in [2.45, 2.75) is 6.92 Å². The van der Waals surface area contributed by atoms with Crippen molar-refractivity contribution in [3.63, 3.8) is 0 Å². The fraction of sp³-hybridized carbons (Fsp3) is 0.176. The van der Waals surface area contributed by atoms with Crippen molar-refractivity contribution in [3.8, 4) is 11.5 Å². The number of nitrogens with one attached hydrogen (secondary N) is 1. The van der Waals surface area contributed by atoms with Crippen LogP contribution in [0.1, 0.15) is 22.8 Å². The highest BCUT2D eigenvalue weighted by atomic mass is 16.5. The van der Waals surface area contributed by atoms with E-state index in [-0.39, 0.29) is 23.0 Å². The molecule has 0 heterocycles. The van der Waals surface area contributed by atoms with Gasteiger partial charge < -0.3 is 20.5 Å². The molecule has 0 fully saturated rings. The van der Waals surface area contributed by atoms with Gasteiger partial charge in [0, 0.05) is 18.2 Å². The molecule has 0 atom stereocenters. The third-order valence-corrected chi connectivity index (χ3v) is 3.22. The van der Waals surface area contributed by atoms with Crippen LogP contribution in [0.3, 0.4) is 0 Å². The average Bonchev–Trinajstić information content (AvgIpc) is 2.53. The van der Waals surface area contributed by atoms with Crippen molar-refractivity contribution in [3.05, 3.63) is 47.5 Å². The summed E-state index contributed by atoms with van der Waals surface area (Å²) in [5, 5.41) is 2.61. The first-order valence-electron chi connectivity index (χ1n) is 6.90. The van der Waals surface area contributed by atoms with E-state index in [0.29, 0.717) is 22.7 Å². The molecule has 0 aliphatic carbocycles. The van der Waals surface area contributed by atoms with Gasteiger partial charge in [0.2, 0.25) is 5.91 Å². The van der Waals surface area contributed by atoms with Crippen LogP contribution in [0.4, 0.5) is 11.4 Å². The number of amides is 1. The van der Waals surface area contributed by atoms with E-state index in [4.69, 9.17) is 15.2 Å². The number of hydrogen-bond acceptors (Lipinski definition) is 5. The zero-order chi connectivity index (χ0) is 17.0. The largest absolute Gasteiger partial charge is 0.497 e. The lowest BCUT2D eigenvalue weighted by Crippen LogP contribution is -2.11. The lowest BCUT2D eigenvalue weighted by Gasteiger charge is -2.14. The second kappa shape index (κ2) is 6.83. The van der Waals surface area contributed by atoms with Gasteiger partial charge in [0.25, 0.3) is 0 Å². The van der Waals surface area contributed by atoms with E-state index in [0.717, 1.165) is 0 Å². The molecule has 0 unspecified atom stereocenters. The standard InChI is InChI=1S/C17H18N2O4/c1-10(20)19-15-9-12(18)8-14(17(15)23-3)16(21)11-4-6-13(22-2)7-5-11/h4-9H,18H2,1-3H3,(H,19,20). The third kappa shape index (κ3) is 3.60. The molecule has 23 heavy (non-hydrogen) atoms. The van der Waals surface area contributed by atoms with Gasteiger partial charge in [0.05, 0.1) is 25.5 Å². The van der Waals surface area contributed by atoms with Crippen molar-refractivity contribution in [1.82, 2.24) is 0 Å². The smallest absolute Gasteiger partial charge is 0.221 e. The highest BCUT2D eigenvalue weighted by molar-refractivity contribution is 6.13. The minimum atomic E-state index is -0.281. The first-order chi connectivity index (χ1) is 11.0. The molecule has 0 radical (unpaired) electrons. The molecule has 0 bridgehead atoms. The maximum absolute atomic E-state index is 12.7. The second-order valence-corrected chi connectivity index (χ2v) is 4.89. The lowest BCUT2D eigenvalue weighted by molar-refractivity contribution is -0.114. The molecule has 0 saturated heterocycles. The third-order valence-electron chi connectivity index (χ3n) is 3.22. The molecule has 6 heteroatoms. The van der Waals surface area contributed by atoms with Gasteiger partial charge in [-0.1, -0.05) is 0 Å². The Balaban J connectivity index is 2.49. The van der Waals surface area contributed by atoms with Gasteiger partial charge in [-0.05, 0) is 36.4 Å². The van der Waals surface area contributed by atoms with Gasteiger partial charge in [-0.2, -0.15) is 0 Å². The highest BCUT2D eigenvalue weighted by Gasteiger charge is 2.19. The van der Waals surface area contributed by atoms with Gasteiger partial charge in [0.1, 0.15) is 5.75 Å². The van der Waals surface area contributed by atoms with Crippen molar-refractivity contribution < 1.29 is 19.1 Å². The maximum atomic E-state index is 12.7. The summed E-state index contributed by atoms with van der Waals surface area (Å²) in [5.41, 5.74) is 7.29. The predicted molar refractivity (Wildman–Crippen MR) is 88.1 cm³/mol. The van der Waals surface area contributed by atoms with Crippen LogP contribution in [0.2, 0.25) is 0 Å². The Morgan fingerprint density at radius 3 is 2.22 bits per heavy atom. The number of nitrogens with two attached hydrogens (primary N) is 1. The van der Waals surface area contributed by atoms with Crippen LogP contribution in [-0.2, 0) is 4.79 Å². The van der Waals surface area contributed by atoms with Crippen LogP contribution in [0.15, 0.2) is 36.4 Å². The Bertz CT molecular complexity index is 739. The summed E-state index contributed by atoms with van der Waals surface area (Å²) in [6.07, 6.45) is 0. The fourth-order valence-corrected chi connectivity index (χ4v) is 2.22. The number of benzene rings is 2. The van der Waals surface area contributed by atoms with Crippen LogP contribution < -0.4 is 20.5 Å². The number of ketones is 1. The Kier molecular flexibility index (Phi) is 4.85. The van der Waals surface area contributed by atoms with Crippen LogP contribution in [0, 0.1) is 0 Å². The summed E-state index contributed by atoms with van der Waals surface area (Å²) in [4.78, 5) is 24.0. The second-order valence-electron chi connectivity index (χ2n) is 4.89. The molecular weight excluding hydrogens is 296 g/mol. The Morgan fingerprint density at radius 2 is 1.70 bits per heavy atom. The first kappa shape index (κ1) is 16.4. The maximum Gasteiger partial charge on any atom is 0.221 e. The zero-order valence-corrected chi connectivity index (χ0v) is 13.2. The molecule has 0 spiro atoms. The Hall–Kier alpha value is -3.02. The number of ether oxygens (including phenoxy) is 2. The quantitative estimate of drug-likeness (QED) is 0.653. The van der Waals surface area contributed by atoms with E-state index < -0.39 is 0 Å². The molecular formula is C17H18N2O4. The number of methoxy groups -OCH3 is 2. The van der Waals surface area contributed by atoms with E-state index in [1.807, 2.05) is 0 Å². The summed E-state index contributed by atoms with van der Waals surface area (Å²) in [5.74, 6) is 0.385. The number of hydrogen-bond donors (Lipinski definition) is 2. The first-order valence-corrected chi connectivity index (χ1v) is 6.90. The van der Waals surface area contributed by atoms with Gasteiger partial charge in [-0.3, -0.25) is 9.59 Å². The van der Waals surface area contributed by atoms with Crippen molar-refractivity contribution in [2.24, 2.45) is 0 Å². The van der Waals surface area contributed by atoms with Gasteiger partial charge >= 0.3 is 0 Å². The van der Waals surface area contributed by atoms with Gasteiger partial charge in [-0.15, -0.1) is 0 Å². The summed E-state index contributed by atoms with van der Waals surface area (Å²) in [7, 11) is 2.99. The molecule has 0 aliphatic rings. The van der Waals surface area contributed by atoms with E-state index in [2.05, 4.69) is 5.32 Å².